The van der Waals surface area contributed by atoms with Gasteiger partial charge in [-0.05, 0) is 30.5 Å². The second-order valence-electron chi connectivity index (χ2n) is 5.77. The molecule has 1 N–H and O–H groups in total. The molecule has 0 fully saturated rings. The van der Waals surface area contributed by atoms with Crippen molar-refractivity contribution >= 4 is 17.9 Å². The number of nitrogens with one attached hydrogen (secondary N) is 1. The van der Waals surface area contributed by atoms with Crippen molar-refractivity contribution in [3.8, 4) is 5.75 Å². The van der Waals surface area contributed by atoms with Crippen molar-refractivity contribution in [2.45, 2.75) is 26.3 Å². The van der Waals surface area contributed by atoms with Gasteiger partial charge in [0.25, 0.3) is 11.6 Å². The van der Waals surface area contributed by atoms with Gasteiger partial charge in [-0.1, -0.05) is 31.2 Å². The average molecular weight is 356 g/mol. The van der Waals surface area contributed by atoms with Crippen molar-refractivity contribution in [2.24, 2.45) is 0 Å². The number of nitro benzene ring substituents is 1. The average Bonchev–Trinajstić information content (AvgIpc) is 2.66. The molecule has 0 saturated heterocycles. The van der Waals surface area contributed by atoms with E-state index in [1.165, 1.54) is 17.7 Å². The maximum absolute atomic E-state index is 12.1. The van der Waals surface area contributed by atoms with Crippen LogP contribution in [0.5, 0.6) is 5.75 Å². The zero-order valence-electron chi connectivity index (χ0n) is 14.6. The van der Waals surface area contributed by atoms with Gasteiger partial charge in [-0.2, -0.15) is 0 Å². The van der Waals surface area contributed by atoms with Crippen LogP contribution in [0.2, 0.25) is 0 Å². The standard InChI is InChI=1S/C19H20N2O5/c1-3-14-4-6-15(7-5-14)13(2)20-19(23)12-26-18-9-8-17(21(24)25)10-16(18)11-22/h4-11,13H,3,12H2,1-2H3,(H,20,23)/t13-/m0/s1. The van der Waals surface area contributed by atoms with Gasteiger partial charge in [-0.3, -0.25) is 19.7 Å². The van der Waals surface area contributed by atoms with E-state index in [0.29, 0.717) is 6.29 Å². The number of carbonyl (C=O) groups is 2. The number of hydrogen-bond acceptors (Lipinski definition) is 5. The first-order valence-electron chi connectivity index (χ1n) is 8.19. The Morgan fingerprint density at radius 3 is 2.54 bits per heavy atom. The van der Waals surface area contributed by atoms with Gasteiger partial charge in [0.2, 0.25) is 0 Å². The van der Waals surface area contributed by atoms with Crippen molar-refractivity contribution in [3.63, 3.8) is 0 Å². The molecule has 1 amide bonds. The second-order valence-corrected chi connectivity index (χ2v) is 5.77. The molecule has 0 spiro atoms. The molecule has 136 valence electrons. The number of benzene rings is 2. The van der Waals surface area contributed by atoms with E-state index in [9.17, 15) is 19.7 Å². The number of carbonyl (C=O) groups excluding carboxylic acids is 2. The maximum atomic E-state index is 12.1. The first-order chi connectivity index (χ1) is 12.4. The summed E-state index contributed by atoms with van der Waals surface area (Å²) in [5.41, 5.74) is 2.00. The van der Waals surface area contributed by atoms with Gasteiger partial charge in [0.15, 0.2) is 12.9 Å². The van der Waals surface area contributed by atoms with Gasteiger partial charge in [0.05, 0.1) is 16.5 Å². The Kier molecular flexibility index (Phi) is 6.43. The highest BCUT2D eigenvalue weighted by atomic mass is 16.6. The Hall–Kier alpha value is -3.22. The lowest BCUT2D eigenvalue weighted by Crippen LogP contribution is -2.31. The predicted octanol–water partition coefficient (Wildman–Crippen LogP) is 3.23. The first-order valence-corrected chi connectivity index (χ1v) is 8.19. The third kappa shape index (κ3) is 4.89. The predicted molar refractivity (Wildman–Crippen MR) is 96.4 cm³/mol. The smallest absolute Gasteiger partial charge is 0.270 e. The van der Waals surface area contributed by atoms with Crippen LogP contribution in [-0.2, 0) is 11.2 Å². The number of nitro groups is 1. The lowest BCUT2D eigenvalue weighted by molar-refractivity contribution is -0.384. The van der Waals surface area contributed by atoms with Crippen LogP contribution in [-0.4, -0.2) is 23.7 Å². The molecule has 2 rings (SSSR count). The number of aldehydes is 1. The summed E-state index contributed by atoms with van der Waals surface area (Å²) in [5, 5.41) is 13.5. The van der Waals surface area contributed by atoms with Crippen molar-refractivity contribution in [3.05, 3.63) is 69.3 Å². The van der Waals surface area contributed by atoms with E-state index in [1.54, 1.807) is 0 Å². The summed E-state index contributed by atoms with van der Waals surface area (Å²) >= 11 is 0. The highest BCUT2D eigenvalue weighted by Gasteiger charge is 2.14. The van der Waals surface area contributed by atoms with Gasteiger partial charge in [-0.25, -0.2) is 0 Å². The van der Waals surface area contributed by atoms with Crippen LogP contribution in [0.25, 0.3) is 0 Å². The van der Waals surface area contributed by atoms with Crippen LogP contribution in [0.3, 0.4) is 0 Å². The quantitative estimate of drug-likeness (QED) is 0.445. The highest BCUT2D eigenvalue weighted by molar-refractivity contribution is 5.82. The van der Waals surface area contributed by atoms with Gasteiger partial charge in [-0.15, -0.1) is 0 Å². The minimum atomic E-state index is -0.602. The molecule has 0 aromatic heterocycles. The van der Waals surface area contributed by atoms with Crippen LogP contribution in [0.1, 0.15) is 41.4 Å². The number of aryl methyl sites for hydroxylation is 1. The van der Waals surface area contributed by atoms with E-state index in [4.69, 9.17) is 4.74 Å². The summed E-state index contributed by atoms with van der Waals surface area (Å²) < 4.78 is 5.33. The molecule has 0 unspecified atom stereocenters. The summed E-state index contributed by atoms with van der Waals surface area (Å²) in [7, 11) is 0. The first kappa shape index (κ1) is 19.1. The normalized spacial score (nSPS) is 11.5. The van der Waals surface area contributed by atoms with Crippen LogP contribution >= 0.6 is 0 Å². The van der Waals surface area contributed by atoms with E-state index in [2.05, 4.69) is 12.2 Å². The highest BCUT2D eigenvalue weighted by Crippen LogP contribution is 2.22. The molecule has 0 radical (unpaired) electrons. The number of nitrogens with zero attached hydrogens (tertiary/aromatic N) is 1. The Balaban J connectivity index is 1.95. The zero-order chi connectivity index (χ0) is 19.1. The van der Waals surface area contributed by atoms with Gasteiger partial charge >= 0.3 is 0 Å². The molecular formula is C19H20N2O5. The molecule has 7 nitrogen and oxygen atoms in total. The summed E-state index contributed by atoms with van der Waals surface area (Å²) in [6.45, 7) is 3.64. The monoisotopic (exact) mass is 356 g/mol. The number of ether oxygens (including phenoxy) is 1. The molecule has 0 aliphatic rings. The maximum Gasteiger partial charge on any atom is 0.270 e. The molecule has 1 atom stereocenters. The van der Waals surface area contributed by atoms with Crippen molar-refractivity contribution in [1.29, 1.82) is 0 Å². The van der Waals surface area contributed by atoms with E-state index in [-0.39, 0.29) is 35.6 Å². The Morgan fingerprint density at radius 2 is 1.96 bits per heavy atom. The molecule has 26 heavy (non-hydrogen) atoms. The molecule has 0 heterocycles. The number of amides is 1. The number of non-ortho nitro benzene ring substituents is 1. The van der Waals surface area contributed by atoms with Crippen molar-refractivity contribution < 1.29 is 19.2 Å². The van der Waals surface area contributed by atoms with Gasteiger partial charge < -0.3 is 10.1 Å². The fourth-order valence-corrected chi connectivity index (χ4v) is 2.42. The Morgan fingerprint density at radius 1 is 1.27 bits per heavy atom. The van der Waals surface area contributed by atoms with E-state index >= 15 is 0 Å². The molecule has 2 aromatic carbocycles. The molecule has 2 aromatic rings. The third-order valence-electron chi connectivity index (χ3n) is 3.96. The third-order valence-corrected chi connectivity index (χ3v) is 3.96. The van der Waals surface area contributed by atoms with Crippen molar-refractivity contribution in [1.82, 2.24) is 5.32 Å². The van der Waals surface area contributed by atoms with E-state index < -0.39 is 4.92 Å². The van der Waals surface area contributed by atoms with E-state index in [1.807, 2.05) is 31.2 Å². The minimum Gasteiger partial charge on any atom is -0.483 e. The summed E-state index contributed by atoms with van der Waals surface area (Å²) in [5.74, 6) is -0.229. The van der Waals surface area contributed by atoms with Crippen LogP contribution in [0.4, 0.5) is 5.69 Å². The lowest BCUT2D eigenvalue weighted by Gasteiger charge is -2.15. The SMILES string of the molecule is CCc1ccc([C@H](C)NC(=O)COc2ccc([N+](=O)[O-])cc2C=O)cc1. The van der Waals surface area contributed by atoms with Gasteiger partial charge in [0, 0.05) is 12.1 Å². The summed E-state index contributed by atoms with van der Waals surface area (Å²) in [6, 6.07) is 11.4. The Bertz CT molecular complexity index is 802. The molecular weight excluding hydrogens is 336 g/mol. The van der Waals surface area contributed by atoms with E-state index in [0.717, 1.165) is 18.1 Å². The molecule has 7 heteroatoms. The molecule has 0 aliphatic heterocycles. The van der Waals surface area contributed by atoms with Crippen molar-refractivity contribution in [2.75, 3.05) is 6.61 Å². The molecule has 0 saturated carbocycles. The second kappa shape index (κ2) is 8.75. The summed E-state index contributed by atoms with van der Waals surface area (Å²) in [4.78, 5) is 33.2. The van der Waals surface area contributed by atoms with Crippen LogP contribution in [0.15, 0.2) is 42.5 Å². The largest absolute Gasteiger partial charge is 0.483 e. The number of rotatable bonds is 8. The zero-order valence-corrected chi connectivity index (χ0v) is 14.6. The number of hydrogen-bond donors (Lipinski definition) is 1. The molecule has 0 bridgehead atoms. The summed E-state index contributed by atoms with van der Waals surface area (Å²) in [6.07, 6.45) is 1.40. The fourth-order valence-electron chi connectivity index (χ4n) is 2.42. The molecule has 0 aliphatic carbocycles. The lowest BCUT2D eigenvalue weighted by atomic mass is 10.1. The van der Waals surface area contributed by atoms with Crippen LogP contribution < -0.4 is 10.1 Å². The van der Waals surface area contributed by atoms with Crippen LogP contribution in [0, 0.1) is 10.1 Å². The fraction of sp³-hybridized carbons (Fsp3) is 0.263. The minimum absolute atomic E-state index is 0.0233. The topological polar surface area (TPSA) is 98.5 Å². The Labute approximate surface area is 151 Å². The van der Waals surface area contributed by atoms with Gasteiger partial charge in [0.1, 0.15) is 5.75 Å².